The largest absolute Gasteiger partial charge is 0.0622 e. The third-order valence-electron chi connectivity index (χ3n) is 3.15. The molecule has 0 saturated carbocycles. The highest BCUT2D eigenvalue weighted by atomic mass is 31.1. The molecule has 1 aromatic carbocycles. The first-order chi connectivity index (χ1) is 8.39. The van der Waals surface area contributed by atoms with E-state index in [2.05, 4.69) is 76.6 Å². The molecule has 2 heteroatoms. The van der Waals surface area contributed by atoms with E-state index in [1.807, 2.05) is 0 Å². The van der Waals surface area contributed by atoms with E-state index >= 15 is 0 Å². The predicted octanol–water partition coefficient (Wildman–Crippen LogP) is 5.81. The van der Waals surface area contributed by atoms with Crippen LogP contribution in [0.2, 0.25) is 0 Å². The third-order valence-corrected chi connectivity index (χ3v) is 8.92. The van der Waals surface area contributed by atoms with Crippen molar-refractivity contribution in [1.29, 1.82) is 0 Å². The quantitative estimate of drug-likeness (QED) is 0.568. The maximum atomic E-state index is 2.54. The average molecular weight is 276 g/mol. The molecular formula is C16H22P2. The Morgan fingerprint density at radius 3 is 1.78 bits per heavy atom. The van der Waals surface area contributed by atoms with Gasteiger partial charge in [-0.2, -0.15) is 0 Å². The molecule has 0 atom stereocenters. The predicted molar refractivity (Wildman–Crippen MR) is 87.2 cm³/mol. The summed E-state index contributed by atoms with van der Waals surface area (Å²) in [5.74, 6) is 5.09. The van der Waals surface area contributed by atoms with E-state index in [0.29, 0.717) is 5.16 Å². The molecule has 0 N–H and O–H groups in total. The minimum atomic E-state index is -0.225. The zero-order valence-corrected chi connectivity index (χ0v) is 13.7. The van der Waals surface area contributed by atoms with E-state index in [1.165, 1.54) is 5.30 Å². The van der Waals surface area contributed by atoms with Gasteiger partial charge < -0.3 is 0 Å². The van der Waals surface area contributed by atoms with Crippen LogP contribution in [0.5, 0.6) is 0 Å². The van der Waals surface area contributed by atoms with Crippen molar-refractivity contribution in [2.45, 2.75) is 39.8 Å². The van der Waals surface area contributed by atoms with Crippen molar-refractivity contribution in [3.05, 3.63) is 52.6 Å². The Kier molecular flexibility index (Phi) is 4.10. The second kappa shape index (κ2) is 5.28. The van der Waals surface area contributed by atoms with Gasteiger partial charge in [0.15, 0.2) is 0 Å². The van der Waals surface area contributed by atoms with Crippen LogP contribution in [-0.2, 0) is 0 Å². The Labute approximate surface area is 114 Å². The molecule has 0 aliphatic carbocycles. The van der Waals surface area contributed by atoms with Crippen LogP contribution in [0.3, 0.4) is 0 Å². The molecular weight excluding hydrogens is 254 g/mol. The summed E-state index contributed by atoms with van der Waals surface area (Å²) in [6.07, 6.45) is 0. The lowest BCUT2D eigenvalue weighted by atomic mass is 10.3. The average Bonchev–Trinajstić information content (AvgIpc) is 2.28. The lowest BCUT2D eigenvalue weighted by molar-refractivity contribution is 0.792. The molecule has 0 saturated heterocycles. The summed E-state index contributed by atoms with van der Waals surface area (Å²) in [5, 5.41) is 5.03. The van der Waals surface area contributed by atoms with Crippen LogP contribution in [0.1, 0.15) is 34.6 Å². The zero-order chi connectivity index (χ0) is 13.3. The fourth-order valence-electron chi connectivity index (χ4n) is 2.21. The van der Waals surface area contributed by atoms with Crippen molar-refractivity contribution in [2.24, 2.45) is 0 Å². The summed E-state index contributed by atoms with van der Waals surface area (Å²) in [4.78, 5) is 0. The first-order valence-corrected chi connectivity index (χ1v) is 9.22. The van der Waals surface area contributed by atoms with Crippen LogP contribution >= 0.6 is 15.8 Å². The molecule has 1 aromatic rings. The van der Waals surface area contributed by atoms with E-state index in [0.717, 1.165) is 0 Å². The Hall–Kier alpha value is -0.440. The van der Waals surface area contributed by atoms with Gasteiger partial charge in [0.1, 0.15) is 0 Å². The second-order valence-corrected chi connectivity index (χ2v) is 11.1. The summed E-state index contributed by atoms with van der Waals surface area (Å²) >= 11 is 0. The highest BCUT2D eigenvalue weighted by Crippen LogP contribution is 2.65. The molecule has 0 bridgehead atoms. The Bertz CT molecular complexity index is 458. The first-order valence-electron chi connectivity index (χ1n) is 6.40. The molecule has 0 radical (unpaired) electrons. The van der Waals surface area contributed by atoms with E-state index < -0.39 is 0 Å². The molecule has 2 rings (SSSR count). The fraction of sp³-hybridized carbons (Fsp3) is 0.375. The number of hydrogen-bond donors (Lipinski definition) is 0. The molecule has 1 aliphatic heterocycles. The molecule has 0 aromatic heterocycles. The monoisotopic (exact) mass is 276 g/mol. The zero-order valence-electron chi connectivity index (χ0n) is 11.9. The van der Waals surface area contributed by atoms with Crippen molar-refractivity contribution in [2.75, 3.05) is 0 Å². The van der Waals surface area contributed by atoms with Gasteiger partial charge in [0.2, 0.25) is 0 Å². The molecule has 18 heavy (non-hydrogen) atoms. The van der Waals surface area contributed by atoms with Crippen molar-refractivity contribution in [1.82, 2.24) is 0 Å². The molecule has 1 heterocycles. The highest BCUT2D eigenvalue weighted by molar-refractivity contribution is 7.77. The summed E-state index contributed by atoms with van der Waals surface area (Å²) in [6, 6.07) is 10.9. The lowest BCUT2D eigenvalue weighted by Gasteiger charge is -2.33. The van der Waals surface area contributed by atoms with Gasteiger partial charge in [-0.1, -0.05) is 70.7 Å². The van der Waals surface area contributed by atoms with Crippen LogP contribution in [0.25, 0.3) is 0 Å². The topological polar surface area (TPSA) is 0 Å². The van der Waals surface area contributed by atoms with Gasteiger partial charge in [0.05, 0.1) is 0 Å². The van der Waals surface area contributed by atoms with Crippen molar-refractivity contribution < 1.29 is 0 Å². The highest BCUT2D eigenvalue weighted by Gasteiger charge is 2.27. The summed E-state index contributed by atoms with van der Waals surface area (Å²) < 4.78 is 0. The van der Waals surface area contributed by atoms with Crippen molar-refractivity contribution >= 4 is 21.1 Å². The number of benzene rings is 1. The molecule has 1 aliphatic rings. The van der Waals surface area contributed by atoms with Gasteiger partial charge in [-0.3, -0.25) is 0 Å². The van der Waals surface area contributed by atoms with E-state index in [9.17, 15) is 0 Å². The molecule has 0 nitrogen and oxygen atoms in total. The first kappa shape index (κ1) is 14.0. The maximum Gasteiger partial charge on any atom is -0.0110 e. The van der Waals surface area contributed by atoms with Crippen LogP contribution in [-0.4, -0.2) is 5.16 Å². The summed E-state index contributed by atoms with van der Waals surface area (Å²) in [6.45, 7) is 11.7. The van der Waals surface area contributed by atoms with Gasteiger partial charge in [0, 0.05) is 0 Å². The minimum Gasteiger partial charge on any atom is -0.0622 e. The summed E-state index contributed by atoms with van der Waals surface area (Å²) in [7, 11) is -0.341. The SMILES string of the molecule is CC1=CP(C(C)(C)C)C=C(C)P1c1ccccc1. The van der Waals surface area contributed by atoms with Crippen LogP contribution in [0.15, 0.2) is 52.6 Å². The van der Waals surface area contributed by atoms with E-state index in [1.54, 1.807) is 10.6 Å². The van der Waals surface area contributed by atoms with Gasteiger partial charge in [-0.25, -0.2) is 0 Å². The van der Waals surface area contributed by atoms with Gasteiger partial charge >= 0.3 is 0 Å². The van der Waals surface area contributed by atoms with Gasteiger partial charge in [-0.15, -0.1) is 0 Å². The Morgan fingerprint density at radius 2 is 1.33 bits per heavy atom. The van der Waals surface area contributed by atoms with Crippen molar-refractivity contribution in [3.63, 3.8) is 0 Å². The normalized spacial score (nSPS) is 24.5. The van der Waals surface area contributed by atoms with Crippen LogP contribution in [0, 0.1) is 0 Å². The number of hydrogen-bond acceptors (Lipinski definition) is 0. The van der Waals surface area contributed by atoms with Gasteiger partial charge in [-0.05, 0) is 42.9 Å². The number of rotatable bonds is 1. The summed E-state index contributed by atoms with van der Waals surface area (Å²) in [5.41, 5.74) is 0. The molecule has 0 spiro atoms. The van der Waals surface area contributed by atoms with Crippen LogP contribution < -0.4 is 5.30 Å². The van der Waals surface area contributed by atoms with E-state index in [-0.39, 0.29) is 15.8 Å². The standard InChI is InChI=1S/C16H22P2/c1-13-11-17(16(3,4)5)12-14(2)18(13)15-9-7-6-8-10-15/h6-12H,1-5H3. The molecule has 0 unspecified atom stereocenters. The van der Waals surface area contributed by atoms with Crippen molar-refractivity contribution in [3.8, 4) is 0 Å². The van der Waals surface area contributed by atoms with Gasteiger partial charge in [0.25, 0.3) is 0 Å². The third kappa shape index (κ3) is 2.93. The minimum absolute atomic E-state index is 0.116. The lowest BCUT2D eigenvalue weighted by Crippen LogP contribution is -2.11. The molecule has 0 fully saturated rings. The second-order valence-electron chi connectivity index (χ2n) is 5.79. The van der Waals surface area contributed by atoms with Crippen LogP contribution in [0.4, 0.5) is 0 Å². The Balaban J connectivity index is 2.35. The maximum absolute atomic E-state index is 2.54. The molecule has 0 amide bonds. The fourth-order valence-corrected chi connectivity index (χ4v) is 7.37. The van der Waals surface area contributed by atoms with E-state index in [4.69, 9.17) is 0 Å². The Morgan fingerprint density at radius 1 is 0.833 bits per heavy atom. The molecule has 96 valence electrons. The number of allylic oxidation sites excluding steroid dienone is 2. The smallest absolute Gasteiger partial charge is 0.0110 e.